The van der Waals surface area contributed by atoms with Gasteiger partial charge in [-0.25, -0.2) is 4.98 Å². The summed E-state index contributed by atoms with van der Waals surface area (Å²) in [7, 11) is 0. The van der Waals surface area contributed by atoms with Gasteiger partial charge < -0.3 is 4.98 Å². The molecule has 1 aromatic heterocycles. The zero-order valence-electron chi connectivity index (χ0n) is 7.51. The fraction of sp³-hybridized carbons (Fsp3) is 0.333. The third-order valence-corrected chi connectivity index (χ3v) is 1.60. The molecule has 1 rings (SSSR count). The third-order valence-electron chi connectivity index (χ3n) is 1.60. The highest BCUT2D eigenvalue weighted by molar-refractivity contribution is 5.36. The Labute approximate surface area is 70.5 Å². The van der Waals surface area contributed by atoms with Gasteiger partial charge in [-0.2, -0.15) is 0 Å². The van der Waals surface area contributed by atoms with Gasteiger partial charge in [0.05, 0.1) is 16.9 Å². The van der Waals surface area contributed by atoms with Gasteiger partial charge >= 0.3 is 0 Å². The van der Waals surface area contributed by atoms with E-state index in [0.29, 0.717) is 0 Å². The van der Waals surface area contributed by atoms with Gasteiger partial charge in [-0.1, -0.05) is 11.6 Å². The normalized spacial score (nSPS) is 11.8. The molecule has 0 amide bonds. The van der Waals surface area contributed by atoms with Gasteiger partial charge in [0.1, 0.15) is 0 Å². The van der Waals surface area contributed by atoms with Crippen molar-refractivity contribution in [2.24, 2.45) is 0 Å². The lowest BCUT2D eigenvalue weighted by Gasteiger charge is -1.91. The minimum atomic E-state index is -0.156. The molecular formula is C9H12N2O. The topological polar surface area (TPSA) is 45.8 Å². The summed E-state index contributed by atoms with van der Waals surface area (Å²) in [6.45, 7) is 5.78. The minimum Gasteiger partial charge on any atom is -0.319 e. The molecule has 1 N–H and O–H groups in total. The van der Waals surface area contributed by atoms with Crippen LogP contribution < -0.4 is 16.3 Å². The molecule has 12 heavy (non-hydrogen) atoms. The van der Waals surface area contributed by atoms with E-state index in [1.54, 1.807) is 0 Å². The monoisotopic (exact) mass is 164 g/mol. The van der Waals surface area contributed by atoms with Crippen molar-refractivity contribution >= 4 is 11.6 Å². The van der Waals surface area contributed by atoms with E-state index < -0.39 is 0 Å². The Balaban J connectivity index is 3.79. The molecule has 3 nitrogen and oxygen atoms in total. The van der Waals surface area contributed by atoms with Crippen LogP contribution in [-0.4, -0.2) is 9.97 Å². The molecule has 1 heterocycles. The van der Waals surface area contributed by atoms with Gasteiger partial charge in [0.25, 0.3) is 5.56 Å². The maximum absolute atomic E-state index is 10.9. The Bertz CT molecular complexity index is 438. The van der Waals surface area contributed by atoms with E-state index >= 15 is 0 Å². The highest BCUT2D eigenvalue weighted by Crippen LogP contribution is 1.78. The maximum Gasteiger partial charge on any atom is 0.266 e. The van der Waals surface area contributed by atoms with Crippen molar-refractivity contribution in [1.29, 1.82) is 0 Å². The second-order valence-corrected chi connectivity index (χ2v) is 2.80. The van der Waals surface area contributed by atoms with E-state index in [4.69, 9.17) is 0 Å². The van der Waals surface area contributed by atoms with Crippen molar-refractivity contribution in [2.45, 2.75) is 20.8 Å². The third kappa shape index (κ3) is 1.61. The molecule has 0 saturated heterocycles. The molecule has 0 bridgehead atoms. The first-order chi connectivity index (χ1) is 5.65. The van der Waals surface area contributed by atoms with Crippen LogP contribution in [0.15, 0.2) is 11.0 Å². The molecule has 0 unspecified atom stereocenters. The van der Waals surface area contributed by atoms with E-state index in [1.807, 2.05) is 26.8 Å². The lowest BCUT2D eigenvalue weighted by atomic mass is 10.3. The molecule has 0 aromatic carbocycles. The van der Waals surface area contributed by atoms with Gasteiger partial charge in [0.15, 0.2) is 0 Å². The zero-order valence-corrected chi connectivity index (χ0v) is 7.51. The first-order valence-corrected chi connectivity index (χ1v) is 3.84. The Kier molecular flexibility index (Phi) is 2.43. The number of H-pyrrole nitrogens is 1. The molecule has 0 aliphatic rings. The van der Waals surface area contributed by atoms with Crippen LogP contribution >= 0.6 is 0 Å². The summed E-state index contributed by atoms with van der Waals surface area (Å²) in [5, 5.41) is 1.65. The second-order valence-electron chi connectivity index (χ2n) is 2.80. The van der Waals surface area contributed by atoms with E-state index in [2.05, 4.69) is 9.97 Å². The summed E-state index contributed by atoms with van der Waals surface area (Å²) in [6, 6.07) is 0. The first-order valence-electron chi connectivity index (χ1n) is 3.84. The average Bonchev–Trinajstić information content (AvgIpc) is 2.04. The van der Waals surface area contributed by atoms with Crippen molar-refractivity contribution in [3.8, 4) is 0 Å². The number of hydrogen-bond donors (Lipinski definition) is 1. The highest BCUT2D eigenvalue weighted by atomic mass is 16.1. The minimum absolute atomic E-state index is 0.156. The first kappa shape index (κ1) is 8.71. The standard InChI is InChI=1S/C9H12N2O/c1-4-7-9(6(2)3)11-8(12)5-10-7/h4-5H,1-3H3,(H,11,12)/b7-4+. The molecule has 3 heteroatoms. The summed E-state index contributed by atoms with van der Waals surface area (Å²) in [4.78, 5) is 17.7. The summed E-state index contributed by atoms with van der Waals surface area (Å²) >= 11 is 0. The molecule has 0 radical (unpaired) electrons. The maximum atomic E-state index is 10.9. The lowest BCUT2D eigenvalue weighted by Crippen LogP contribution is -2.37. The van der Waals surface area contributed by atoms with Crippen molar-refractivity contribution in [3.63, 3.8) is 0 Å². The van der Waals surface area contributed by atoms with Crippen LogP contribution in [0, 0.1) is 0 Å². The summed E-state index contributed by atoms with van der Waals surface area (Å²) in [5.74, 6) is 0. The molecule has 0 aliphatic heterocycles. The van der Waals surface area contributed by atoms with E-state index in [0.717, 1.165) is 16.3 Å². The van der Waals surface area contributed by atoms with E-state index in [-0.39, 0.29) is 5.56 Å². The molecule has 0 atom stereocenters. The second kappa shape index (κ2) is 3.34. The van der Waals surface area contributed by atoms with Crippen LogP contribution in [0.2, 0.25) is 0 Å². The number of rotatable bonds is 0. The number of aromatic nitrogens is 2. The lowest BCUT2D eigenvalue weighted by molar-refractivity contribution is 1.04. The Morgan fingerprint density at radius 3 is 2.75 bits per heavy atom. The van der Waals surface area contributed by atoms with Crippen LogP contribution in [0.3, 0.4) is 0 Å². The van der Waals surface area contributed by atoms with Crippen molar-refractivity contribution in [2.75, 3.05) is 0 Å². The average molecular weight is 164 g/mol. The SMILES string of the molecule is C/C=c1/ncc(=O)[nH]c1=C(C)C. The van der Waals surface area contributed by atoms with Crippen molar-refractivity contribution < 1.29 is 0 Å². The Morgan fingerprint density at radius 2 is 2.25 bits per heavy atom. The smallest absolute Gasteiger partial charge is 0.266 e. The largest absolute Gasteiger partial charge is 0.319 e. The fourth-order valence-electron chi connectivity index (χ4n) is 1.01. The number of aromatic amines is 1. The highest BCUT2D eigenvalue weighted by Gasteiger charge is 1.89. The zero-order chi connectivity index (χ0) is 9.14. The molecule has 0 saturated carbocycles. The quantitative estimate of drug-likeness (QED) is 0.575. The number of nitrogens with one attached hydrogen (secondary N) is 1. The van der Waals surface area contributed by atoms with Crippen LogP contribution in [-0.2, 0) is 0 Å². The van der Waals surface area contributed by atoms with Crippen molar-refractivity contribution in [1.82, 2.24) is 9.97 Å². The van der Waals surface area contributed by atoms with E-state index in [1.165, 1.54) is 6.20 Å². The Hall–Kier alpha value is -1.38. The summed E-state index contributed by atoms with van der Waals surface area (Å²) < 4.78 is 0. The molecule has 64 valence electrons. The van der Waals surface area contributed by atoms with Gasteiger partial charge in [-0.3, -0.25) is 4.79 Å². The molecule has 0 aliphatic carbocycles. The number of nitrogens with zero attached hydrogens (tertiary/aromatic N) is 1. The molecule has 0 fully saturated rings. The van der Waals surface area contributed by atoms with Gasteiger partial charge in [-0.15, -0.1) is 0 Å². The van der Waals surface area contributed by atoms with Crippen LogP contribution in [0.1, 0.15) is 20.8 Å². The predicted octanol–water partition coefficient (Wildman–Crippen LogP) is -0.239. The summed E-state index contributed by atoms with van der Waals surface area (Å²) in [5.41, 5.74) is 0.908. The van der Waals surface area contributed by atoms with Crippen LogP contribution in [0.25, 0.3) is 11.6 Å². The van der Waals surface area contributed by atoms with Crippen LogP contribution in [0.4, 0.5) is 0 Å². The molecule has 1 aromatic rings. The number of hydrogen-bond acceptors (Lipinski definition) is 2. The van der Waals surface area contributed by atoms with E-state index in [9.17, 15) is 4.79 Å². The fourth-order valence-corrected chi connectivity index (χ4v) is 1.01. The van der Waals surface area contributed by atoms with Gasteiger partial charge in [0.2, 0.25) is 0 Å². The predicted molar refractivity (Wildman–Crippen MR) is 49.0 cm³/mol. The summed E-state index contributed by atoms with van der Waals surface area (Å²) in [6.07, 6.45) is 3.17. The van der Waals surface area contributed by atoms with Gasteiger partial charge in [-0.05, 0) is 20.8 Å². The molecule has 0 spiro atoms. The Morgan fingerprint density at radius 1 is 1.58 bits per heavy atom. The van der Waals surface area contributed by atoms with Crippen molar-refractivity contribution in [3.05, 3.63) is 27.2 Å². The van der Waals surface area contributed by atoms with Crippen LogP contribution in [0.5, 0.6) is 0 Å². The molecular weight excluding hydrogens is 152 g/mol. The van der Waals surface area contributed by atoms with Gasteiger partial charge in [0, 0.05) is 0 Å².